The zero-order valence-electron chi connectivity index (χ0n) is 13.4. The van der Waals surface area contributed by atoms with Crippen molar-refractivity contribution in [2.45, 2.75) is 20.3 Å². The number of benzene rings is 2. The van der Waals surface area contributed by atoms with Gasteiger partial charge < -0.3 is 15.2 Å². The van der Waals surface area contributed by atoms with Gasteiger partial charge in [0.1, 0.15) is 11.5 Å². The van der Waals surface area contributed by atoms with Crippen LogP contribution in [0.3, 0.4) is 0 Å². The second kappa shape index (κ2) is 6.52. The minimum atomic E-state index is -0.408. The largest absolute Gasteiger partial charge is 0.496 e. The molecule has 0 unspecified atom stereocenters. The second-order valence-electron chi connectivity index (χ2n) is 5.28. The minimum Gasteiger partial charge on any atom is -0.496 e. The molecule has 2 rings (SSSR count). The maximum absolute atomic E-state index is 11.6. The number of hydrogen-bond acceptors (Lipinski definition) is 3. The number of carbonyl (C=O) groups excluding carboxylic acids is 1. The number of primary amides is 1. The quantitative estimate of drug-likeness (QED) is 0.923. The Morgan fingerprint density at radius 1 is 1.09 bits per heavy atom. The third kappa shape index (κ3) is 3.06. The molecule has 1 amide bonds. The maximum Gasteiger partial charge on any atom is 0.248 e. The van der Waals surface area contributed by atoms with Crippen LogP contribution in [0.5, 0.6) is 11.5 Å². The van der Waals surface area contributed by atoms with Crippen LogP contribution in [0.15, 0.2) is 30.3 Å². The molecule has 0 saturated carbocycles. The van der Waals surface area contributed by atoms with Crippen LogP contribution >= 0.6 is 0 Å². The predicted molar refractivity (Wildman–Crippen MR) is 86.8 cm³/mol. The van der Waals surface area contributed by atoms with Crippen molar-refractivity contribution in [3.63, 3.8) is 0 Å². The first kappa shape index (κ1) is 15.9. The molecule has 116 valence electrons. The highest BCUT2D eigenvalue weighted by molar-refractivity contribution is 5.94. The average Bonchev–Trinajstić information content (AvgIpc) is 2.50. The summed E-state index contributed by atoms with van der Waals surface area (Å²) < 4.78 is 10.9. The fourth-order valence-electron chi connectivity index (χ4n) is 2.67. The average molecular weight is 299 g/mol. The summed E-state index contributed by atoms with van der Waals surface area (Å²) in [5.74, 6) is 1.12. The fourth-order valence-corrected chi connectivity index (χ4v) is 2.67. The minimum absolute atomic E-state index is 0.408. The molecule has 2 N–H and O–H groups in total. The first-order valence-corrected chi connectivity index (χ1v) is 7.07. The highest BCUT2D eigenvalue weighted by Crippen LogP contribution is 2.32. The van der Waals surface area contributed by atoms with E-state index >= 15 is 0 Å². The van der Waals surface area contributed by atoms with Crippen molar-refractivity contribution in [3.05, 3.63) is 58.1 Å². The maximum atomic E-state index is 11.6. The summed E-state index contributed by atoms with van der Waals surface area (Å²) in [6.45, 7) is 3.87. The molecule has 0 heterocycles. The first-order valence-electron chi connectivity index (χ1n) is 7.07. The highest BCUT2D eigenvalue weighted by atomic mass is 16.5. The van der Waals surface area contributed by atoms with Gasteiger partial charge in [-0.3, -0.25) is 4.79 Å². The summed E-state index contributed by atoms with van der Waals surface area (Å²) in [7, 11) is 3.27. The van der Waals surface area contributed by atoms with Crippen LogP contribution < -0.4 is 15.2 Å². The van der Waals surface area contributed by atoms with Crippen molar-refractivity contribution in [3.8, 4) is 11.5 Å². The van der Waals surface area contributed by atoms with Gasteiger partial charge in [-0.05, 0) is 43.2 Å². The van der Waals surface area contributed by atoms with Crippen LogP contribution in [-0.4, -0.2) is 20.1 Å². The molecule has 4 nitrogen and oxygen atoms in total. The van der Waals surface area contributed by atoms with Gasteiger partial charge in [0.15, 0.2) is 0 Å². The summed E-state index contributed by atoms with van der Waals surface area (Å²) in [5, 5.41) is 0. The first-order chi connectivity index (χ1) is 10.5. The van der Waals surface area contributed by atoms with Crippen molar-refractivity contribution >= 4 is 5.91 Å². The lowest BCUT2D eigenvalue weighted by Gasteiger charge is -2.16. The lowest BCUT2D eigenvalue weighted by molar-refractivity contribution is 0.0999. The molecule has 0 bridgehead atoms. The Kier molecular flexibility index (Phi) is 4.71. The molecule has 0 atom stereocenters. The predicted octanol–water partition coefficient (Wildman–Crippen LogP) is 3.01. The van der Waals surface area contributed by atoms with Crippen molar-refractivity contribution < 1.29 is 14.3 Å². The summed E-state index contributed by atoms with van der Waals surface area (Å²) in [4.78, 5) is 11.6. The zero-order valence-corrected chi connectivity index (χ0v) is 13.4. The zero-order chi connectivity index (χ0) is 16.3. The van der Waals surface area contributed by atoms with Crippen molar-refractivity contribution in [2.24, 2.45) is 5.73 Å². The second-order valence-corrected chi connectivity index (χ2v) is 5.28. The van der Waals surface area contributed by atoms with Gasteiger partial charge in [-0.25, -0.2) is 0 Å². The van der Waals surface area contributed by atoms with Gasteiger partial charge in [-0.15, -0.1) is 0 Å². The lowest BCUT2D eigenvalue weighted by Crippen LogP contribution is -2.14. The van der Waals surface area contributed by atoms with Gasteiger partial charge >= 0.3 is 0 Å². The number of aryl methyl sites for hydroxylation is 1. The Hall–Kier alpha value is -2.49. The lowest BCUT2D eigenvalue weighted by atomic mass is 9.93. The van der Waals surface area contributed by atoms with Gasteiger partial charge in [-0.1, -0.05) is 17.7 Å². The van der Waals surface area contributed by atoms with Gasteiger partial charge in [0, 0.05) is 17.5 Å². The summed E-state index contributed by atoms with van der Waals surface area (Å²) in [6, 6.07) is 9.57. The molecule has 0 aliphatic rings. The number of hydrogen-bond donors (Lipinski definition) is 1. The normalized spacial score (nSPS) is 10.4. The molecular formula is C18H21NO3. The van der Waals surface area contributed by atoms with Crippen molar-refractivity contribution in [2.75, 3.05) is 14.2 Å². The Bertz CT molecular complexity index is 685. The molecule has 0 aliphatic heterocycles. The van der Waals surface area contributed by atoms with E-state index in [4.69, 9.17) is 15.2 Å². The van der Waals surface area contributed by atoms with E-state index in [1.807, 2.05) is 38.1 Å². The van der Waals surface area contributed by atoms with Crippen LogP contribution in [0.2, 0.25) is 0 Å². The molecule has 0 fully saturated rings. The molecule has 0 saturated heterocycles. The van der Waals surface area contributed by atoms with Gasteiger partial charge in [0.25, 0.3) is 0 Å². The number of carbonyl (C=O) groups is 1. The number of amides is 1. The van der Waals surface area contributed by atoms with E-state index < -0.39 is 5.91 Å². The van der Waals surface area contributed by atoms with E-state index in [1.54, 1.807) is 14.2 Å². The Labute approximate surface area is 130 Å². The number of nitrogens with two attached hydrogens (primary N) is 1. The van der Waals surface area contributed by atoms with Crippen molar-refractivity contribution in [1.29, 1.82) is 0 Å². The Balaban J connectivity index is 2.54. The topological polar surface area (TPSA) is 61.6 Å². The number of ether oxygens (including phenoxy) is 2. The summed E-state index contributed by atoms with van der Waals surface area (Å²) in [6.07, 6.45) is 0.612. The number of rotatable bonds is 5. The SMILES string of the molecule is COc1cccc(OC)c1Cc1cc(C)cc(C(N)=O)c1C. The third-order valence-electron chi connectivity index (χ3n) is 3.82. The van der Waals surface area contributed by atoms with Gasteiger partial charge in [0.05, 0.1) is 14.2 Å². The molecule has 0 aromatic heterocycles. The van der Waals surface area contributed by atoms with Gasteiger partial charge in [-0.2, -0.15) is 0 Å². The third-order valence-corrected chi connectivity index (χ3v) is 3.82. The monoisotopic (exact) mass is 299 g/mol. The van der Waals surface area contributed by atoms with E-state index in [2.05, 4.69) is 6.07 Å². The van der Waals surface area contributed by atoms with Crippen LogP contribution in [-0.2, 0) is 6.42 Å². The molecule has 2 aromatic rings. The molecular weight excluding hydrogens is 278 g/mol. The van der Waals surface area contributed by atoms with E-state index in [9.17, 15) is 4.79 Å². The van der Waals surface area contributed by atoms with E-state index in [0.29, 0.717) is 12.0 Å². The molecule has 22 heavy (non-hydrogen) atoms. The van der Waals surface area contributed by atoms with Crippen LogP contribution in [0, 0.1) is 13.8 Å². The standard InChI is InChI=1S/C18H21NO3/c1-11-8-13(12(2)14(9-11)18(19)20)10-15-16(21-3)6-5-7-17(15)22-4/h5-9H,10H2,1-4H3,(H2,19,20). The van der Waals surface area contributed by atoms with Crippen LogP contribution in [0.25, 0.3) is 0 Å². The van der Waals surface area contributed by atoms with Crippen molar-refractivity contribution in [1.82, 2.24) is 0 Å². The smallest absolute Gasteiger partial charge is 0.248 e. The Morgan fingerprint density at radius 3 is 2.18 bits per heavy atom. The fraction of sp³-hybridized carbons (Fsp3) is 0.278. The molecule has 2 aromatic carbocycles. The Morgan fingerprint density at radius 2 is 1.68 bits per heavy atom. The molecule has 0 aliphatic carbocycles. The van der Waals surface area contributed by atoms with E-state index in [0.717, 1.165) is 33.8 Å². The highest BCUT2D eigenvalue weighted by Gasteiger charge is 2.15. The summed E-state index contributed by atoms with van der Waals surface area (Å²) in [5.41, 5.74) is 9.92. The molecule has 4 heteroatoms. The molecule has 0 spiro atoms. The van der Waals surface area contributed by atoms with Crippen LogP contribution in [0.1, 0.15) is 32.6 Å². The summed E-state index contributed by atoms with van der Waals surface area (Å²) >= 11 is 0. The molecule has 0 radical (unpaired) electrons. The number of methoxy groups -OCH3 is 2. The van der Waals surface area contributed by atoms with Crippen LogP contribution in [0.4, 0.5) is 0 Å². The van der Waals surface area contributed by atoms with E-state index in [-0.39, 0.29) is 0 Å². The van der Waals surface area contributed by atoms with E-state index in [1.165, 1.54) is 0 Å². The van der Waals surface area contributed by atoms with Gasteiger partial charge in [0.2, 0.25) is 5.91 Å².